The predicted molar refractivity (Wildman–Crippen MR) is 95.6 cm³/mol. The molecule has 130 valence electrons. The van der Waals surface area contributed by atoms with Crippen molar-refractivity contribution in [3.8, 4) is 5.75 Å². The second-order valence-electron chi connectivity index (χ2n) is 6.53. The van der Waals surface area contributed by atoms with Crippen LogP contribution in [0.3, 0.4) is 0 Å². The van der Waals surface area contributed by atoms with Gasteiger partial charge in [0.1, 0.15) is 5.75 Å². The van der Waals surface area contributed by atoms with Gasteiger partial charge in [-0.2, -0.15) is 0 Å². The maximum absolute atomic E-state index is 12.6. The third kappa shape index (κ3) is 3.82. The van der Waals surface area contributed by atoms with Crippen LogP contribution in [-0.2, 0) is 10.2 Å². The lowest BCUT2D eigenvalue weighted by molar-refractivity contribution is -0.119. The van der Waals surface area contributed by atoms with Gasteiger partial charge in [-0.3, -0.25) is 9.59 Å². The topological polar surface area (TPSA) is 81.4 Å². The molecule has 1 saturated carbocycles. The standard InChI is InChI=1S/C20H22N2O3/c1-14-6-2-4-8-16(14)20(10-11-20)13-22-19(24)15-7-3-5-9-17(15)25-12-18(21)23/h2-9H,10-13H2,1H3,(H2,21,23)(H,22,24). The molecule has 0 heterocycles. The molecule has 1 aliphatic rings. The first-order valence-electron chi connectivity index (χ1n) is 8.36. The van der Waals surface area contributed by atoms with E-state index in [1.165, 1.54) is 11.1 Å². The highest BCUT2D eigenvalue weighted by atomic mass is 16.5. The van der Waals surface area contributed by atoms with Crippen molar-refractivity contribution >= 4 is 11.8 Å². The van der Waals surface area contributed by atoms with Gasteiger partial charge in [-0.05, 0) is 43.0 Å². The van der Waals surface area contributed by atoms with Gasteiger partial charge >= 0.3 is 0 Å². The molecular weight excluding hydrogens is 316 g/mol. The van der Waals surface area contributed by atoms with Crippen LogP contribution in [0.5, 0.6) is 5.75 Å². The fourth-order valence-electron chi connectivity index (χ4n) is 3.13. The lowest BCUT2D eigenvalue weighted by Gasteiger charge is -2.19. The van der Waals surface area contributed by atoms with Gasteiger partial charge in [0.2, 0.25) is 0 Å². The summed E-state index contributed by atoms with van der Waals surface area (Å²) in [6, 6.07) is 15.2. The van der Waals surface area contributed by atoms with Crippen molar-refractivity contribution in [2.24, 2.45) is 5.73 Å². The van der Waals surface area contributed by atoms with E-state index in [0.29, 0.717) is 17.9 Å². The Morgan fingerprint density at radius 2 is 1.80 bits per heavy atom. The molecule has 2 amide bonds. The summed E-state index contributed by atoms with van der Waals surface area (Å²) in [7, 11) is 0. The van der Waals surface area contributed by atoms with Gasteiger partial charge in [-0.15, -0.1) is 0 Å². The van der Waals surface area contributed by atoms with Crippen LogP contribution in [-0.4, -0.2) is 25.0 Å². The van der Waals surface area contributed by atoms with Gasteiger partial charge in [0.15, 0.2) is 6.61 Å². The zero-order chi connectivity index (χ0) is 17.9. The molecule has 0 spiro atoms. The van der Waals surface area contributed by atoms with Crippen LogP contribution < -0.4 is 15.8 Å². The van der Waals surface area contributed by atoms with Crippen LogP contribution >= 0.6 is 0 Å². The molecule has 2 aromatic rings. The van der Waals surface area contributed by atoms with Gasteiger partial charge in [0, 0.05) is 12.0 Å². The highest BCUT2D eigenvalue weighted by Crippen LogP contribution is 2.48. The number of aryl methyl sites for hydroxylation is 1. The average Bonchev–Trinajstić information content (AvgIpc) is 3.39. The van der Waals surface area contributed by atoms with Crippen molar-refractivity contribution in [3.63, 3.8) is 0 Å². The molecule has 0 bridgehead atoms. The van der Waals surface area contributed by atoms with E-state index in [-0.39, 0.29) is 17.9 Å². The van der Waals surface area contributed by atoms with Gasteiger partial charge in [-0.1, -0.05) is 36.4 Å². The summed E-state index contributed by atoms with van der Waals surface area (Å²) in [5.74, 6) is -0.425. The first kappa shape index (κ1) is 17.0. The molecule has 0 atom stereocenters. The van der Waals surface area contributed by atoms with Crippen molar-refractivity contribution in [2.75, 3.05) is 13.2 Å². The minimum atomic E-state index is -0.577. The average molecular weight is 338 g/mol. The Balaban J connectivity index is 1.69. The summed E-state index contributed by atoms with van der Waals surface area (Å²) in [5, 5.41) is 3.02. The number of nitrogens with two attached hydrogens (primary N) is 1. The Bertz CT molecular complexity index is 797. The predicted octanol–water partition coefficient (Wildman–Crippen LogP) is 2.32. The van der Waals surface area contributed by atoms with Crippen molar-refractivity contribution < 1.29 is 14.3 Å². The summed E-state index contributed by atoms with van der Waals surface area (Å²) in [4.78, 5) is 23.5. The number of hydrogen-bond acceptors (Lipinski definition) is 3. The maximum Gasteiger partial charge on any atom is 0.255 e. The number of carbonyl (C=O) groups excluding carboxylic acids is 2. The first-order chi connectivity index (χ1) is 12.0. The van der Waals surface area contributed by atoms with Gasteiger partial charge in [0.05, 0.1) is 5.56 Å². The summed E-state index contributed by atoms with van der Waals surface area (Å²) < 4.78 is 5.34. The van der Waals surface area contributed by atoms with Crippen LogP contribution in [0.15, 0.2) is 48.5 Å². The van der Waals surface area contributed by atoms with E-state index in [4.69, 9.17) is 10.5 Å². The largest absolute Gasteiger partial charge is 0.483 e. The van der Waals surface area contributed by atoms with Crippen molar-refractivity contribution in [1.29, 1.82) is 0 Å². The summed E-state index contributed by atoms with van der Waals surface area (Å²) in [6.07, 6.45) is 2.13. The molecule has 1 aliphatic carbocycles. The number of para-hydroxylation sites is 1. The summed E-state index contributed by atoms with van der Waals surface area (Å²) in [6.45, 7) is 2.43. The summed E-state index contributed by atoms with van der Waals surface area (Å²) in [5.41, 5.74) is 8.09. The Morgan fingerprint density at radius 3 is 2.48 bits per heavy atom. The number of rotatable bonds is 7. The second-order valence-corrected chi connectivity index (χ2v) is 6.53. The number of benzene rings is 2. The van der Waals surface area contributed by atoms with E-state index in [9.17, 15) is 9.59 Å². The normalized spacial score (nSPS) is 14.6. The Labute approximate surface area is 147 Å². The second kappa shape index (κ2) is 6.97. The Morgan fingerprint density at radius 1 is 1.12 bits per heavy atom. The number of hydrogen-bond donors (Lipinski definition) is 2. The molecular formula is C20H22N2O3. The number of ether oxygens (including phenoxy) is 1. The molecule has 0 unspecified atom stereocenters. The van der Waals surface area contributed by atoms with Crippen molar-refractivity contribution in [1.82, 2.24) is 5.32 Å². The van der Waals surface area contributed by atoms with Crippen LogP contribution in [0.4, 0.5) is 0 Å². The molecule has 3 rings (SSSR count). The highest BCUT2D eigenvalue weighted by molar-refractivity contribution is 5.97. The third-order valence-corrected chi connectivity index (χ3v) is 4.66. The number of primary amides is 1. The number of nitrogens with one attached hydrogen (secondary N) is 1. The molecule has 2 aromatic carbocycles. The van der Waals surface area contributed by atoms with Crippen LogP contribution in [0.1, 0.15) is 34.3 Å². The van der Waals surface area contributed by atoms with E-state index in [0.717, 1.165) is 12.8 Å². The third-order valence-electron chi connectivity index (χ3n) is 4.66. The molecule has 0 radical (unpaired) electrons. The molecule has 0 aromatic heterocycles. The van der Waals surface area contributed by atoms with Crippen molar-refractivity contribution in [3.05, 3.63) is 65.2 Å². The van der Waals surface area contributed by atoms with E-state index >= 15 is 0 Å². The molecule has 5 heteroatoms. The van der Waals surface area contributed by atoms with Crippen LogP contribution in [0.2, 0.25) is 0 Å². The Hall–Kier alpha value is -2.82. The molecule has 0 aliphatic heterocycles. The maximum atomic E-state index is 12.6. The number of carbonyl (C=O) groups is 2. The quantitative estimate of drug-likeness (QED) is 0.813. The summed E-state index contributed by atoms with van der Waals surface area (Å²) >= 11 is 0. The zero-order valence-electron chi connectivity index (χ0n) is 14.2. The SMILES string of the molecule is Cc1ccccc1C1(CNC(=O)c2ccccc2OCC(N)=O)CC1. The van der Waals surface area contributed by atoms with E-state index in [1.807, 2.05) is 12.1 Å². The van der Waals surface area contributed by atoms with Crippen LogP contribution in [0, 0.1) is 6.92 Å². The monoisotopic (exact) mass is 338 g/mol. The van der Waals surface area contributed by atoms with Crippen LogP contribution in [0.25, 0.3) is 0 Å². The molecule has 3 N–H and O–H groups in total. The minimum absolute atomic E-state index is 0.0318. The lowest BCUT2D eigenvalue weighted by Crippen LogP contribution is -2.33. The number of amides is 2. The fraction of sp³-hybridized carbons (Fsp3) is 0.300. The van der Waals surface area contributed by atoms with Crippen molar-refractivity contribution in [2.45, 2.75) is 25.2 Å². The van der Waals surface area contributed by atoms with Gasteiger partial charge in [-0.25, -0.2) is 0 Å². The smallest absolute Gasteiger partial charge is 0.255 e. The minimum Gasteiger partial charge on any atom is -0.483 e. The Kier molecular flexibility index (Phi) is 4.74. The van der Waals surface area contributed by atoms with Gasteiger partial charge < -0.3 is 15.8 Å². The highest BCUT2D eigenvalue weighted by Gasteiger charge is 2.45. The van der Waals surface area contributed by atoms with Gasteiger partial charge in [0.25, 0.3) is 11.8 Å². The first-order valence-corrected chi connectivity index (χ1v) is 8.36. The molecule has 5 nitrogen and oxygen atoms in total. The molecule has 1 fully saturated rings. The van der Waals surface area contributed by atoms with E-state index in [2.05, 4.69) is 24.4 Å². The zero-order valence-corrected chi connectivity index (χ0v) is 14.2. The van der Waals surface area contributed by atoms with E-state index in [1.54, 1.807) is 24.3 Å². The lowest BCUT2D eigenvalue weighted by atomic mass is 9.92. The fourth-order valence-corrected chi connectivity index (χ4v) is 3.13. The van der Waals surface area contributed by atoms with E-state index < -0.39 is 5.91 Å². The molecule has 0 saturated heterocycles. The molecule has 25 heavy (non-hydrogen) atoms.